The molecule has 0 radical (unpaired) electrons. The molecule has 58 heavy (non-hydrogen) atoms. The molecule has 3 aromatic heterocycles. The minimum atomic E-state index is 0.598. The molecule has 0 saturated heterocycles. The van der Waals surface area contributed by atoms with Gasteiger partial charge < -0.3 is 8.83 Å². The molecule has 0 bridgehead atoms. The zero-order valence-electron chi connectivity index (χ0n) is 31.1. The molecule has 0 unspecified atom stereocenters. The van der Waals surface area contributed by atoms with Gasteiger partial charge in [-0.1, -0.05) is 146 Å². The van der Waals surface area contributed by atoms with Gasteiger partial charge in [-0.15, -0.1) is 0 Å². The molecule has 0 spiro atoms. The first-order valence-corrected chi connectivity index (χ1v) is 19.4. The molecule has 270 valence electrons. The van der Waals surface area contributed by atoms with E-state index in [4.69, 9.17) is 23.8 Å². The van der Waals surface area contributed by atoms with Crippen LogP contribution < -0.4 is 0 Å². The SMILES string of the molecule is c1cc(-c2nc(-c3ccc(-c4ccc5ccccc5c4)cc3)nc(-c3ccc4c(ccc5oc6ccccc6c54)c3)n2)cc(-c2cccc3oc4ccccc4c23)c1. The molecule has 5 heteroatoms. The zero-order chi connectivity index (χ0) is 38.2. The predicted molar refractivity (Wildman–Crippen MR) is 237 cm³/mol. The van der Waals surface area contributed by atoms with Crippen LogP contribution in [0.3, 0.4) is 0 Å². The summed E-state index contributed by atoms with van der Waals surface area (Å²) in [6.07, 6.45) is 0. The first-order chi connectivity index (χ1) is 28.7. The summed E-state index contributed by atoms with van der Waals surface area (Å²) in [4.78, 5) is 15.5. The molecule has 0 aliphatic rings. The van der Waals surface area contributed by atoms with Crippen molar-refractivity contribution in [1.82, 2.24) is 15.0 Å². The lowest BCUT2D eigenvalue weighted by atomic mass is 9.97. The minimum absolute atomic E-state index is 0.598. The number of fused-ring (bicyclic) bond motifs is 9. The van der Waals surface area contributed by atoms with Crippen molar-refractivity contribution in [2.75, 3.05) is 0 Å². The van der Waals surface area contributed by atoms with Crippen LogP contribution in [0.5, 0.6) is 0 Å². The van der Waals surface area contributed by atoms with Gasteiger partial charge in [-0.25, -0.2) is 15.0 Å². The van der Waals surface area contributed by atoms with Crippen molar-refractivity contribution in [1.29, 1.82) is 0 Å². The number of hydrogen-bond acceptors (Lipinski definition) is 5. The van der Waals surface area contributed by atoms with E-state index in [0.29, 0.717) is 17.5 Å². The highest BCUT2D eigenvalue weighted by atomic mass is 16.3. The van der Waals surface area contributed by atoms with E-state index in [2.05, 4.69) is 152 Å². The van der Waals surface area contributed by atoms with Crippen LogP contribution in [-0.2, 0) is 0 Å². The van der Waals surface area contributed by atoms with E-state index in [1.165, 1.54) is 10.8 Å². The summed E-state index contributed by atoms with van der Waals surface area (Å²) in [5.74, 6) is 1.81. The Balaban J connectivity index is 1.01. The molecule has 0 amide bonds. The second-order valence-corrected chi connectivity index (χ2v) is 14.8. The van der Waals surface area contributed by atoms with Crippen molar-refractivity contribution in [3.05, 3.63) is 188 Å². The standard InChI is InChI=1S/C53H31N3O2/c1-2-10-35-29-36(24-21-32(35)9-1)33-19-22-34(23-20-33)51-54-52(39-12-7-11-37(30-39)41-15-8-18-47-49(41)43-13-3-5-16-45(43)57-47)56-53(55-51)40-25-27-42-38(31-40)26-28-48-50(42)44-14-4-6-17-46(44)58-48/h1-31H. The second kappa shape index (κ2) is 12.8. The van der Waals surface area contributed by atoms with E-state index in [0.717, 1.165) is 93.6 Å². The van der Waals surface area contributed by atoms with E-state index < -0.39 is 0 Å². The molecule has 12 rings (SSSR count). The second-order valence-electron chi connectivity index (χ2n) is 14.8. The summed E-state index contributed by atoms with van der Waals surface area (Å²) in [7, 11) is 0. The Hall–Kier alpha value is -7.89. The average molecular weight is 742 g/mol. The van der Waals surface area contributed by atoms with Crippen molar-refractivity contribution >= 4 is 65.4 Å². The molecule has 12 aromatic rings. The Labute approximate surface area is 332 Å². The Kier molecular flexibility index (Phi) is 7.16. The number of nitrogens with zero attached hydrogens (tertiary/aromatic N) is 3. The fourth-order valence-electron chi connectivity index (χ4n) is 8.48. The molecule has 0 atom stereocenters. The molecule has 9 aromatic carbocycles. The third kappa shape index (κ3) is 5.29. The van der Waals surface area contributed by atoms with E-state index in [-0.39, 0.29) is 0 Å². The van der Waals surface area contributed by atoms with Gasteiger partial charge in [0, 0.05) is 38.2 Å². The summed E-state index contributed by atoms with van der Waals surface area (Å²) in [5, 5.41) is 9.05. The van der Waals surface area contributed by atoms with Crippen LogP contribution in [0, 0.1) is 0 Å². The number of rotatable bonds is 5. The lowest BCUT2D eigenvalue weighted by Crippen LogP contribution is -2.00. The van der Waals surface area contributed by atoms with Gasteiger partial charge in [0.05, 0.1) is 0 Å². The highest BCUT2D eigenvalue weighted by Gasteiger charge is 2.17. The van der Waals surface area contributed by atoms with Crippen molar-refractivity contribution in [3.8, 4) is 56.4 Å². The minimum Gasteiger partial charge on any atom is -0.456 e. The predicted octanol–water partition coefficient (Wildman–Crippen LogP) is 14.3. The monoisotopic (exact) mass is 741 g/mol. The summed E-state index contributed by atoms with van der Waals surface area (Å²) in [6, 6.07) is 65.2. The maximum Gasteiger partial charge on any atom is 0.164 e. The lowest BCUT2D eigenvalue weighted by molar-refractivity contribution is 0.668. The smallest absolute Gasteiger partial charge is 0.164 e. The molecule has 5 nitrogen and oxygen atoms in total. The molecule has 0 N–H and O–H groups in total. The Morgan fingerprint density at radius 1 is 0.276 bits per heavy atom. The number of aromatic nitrogens is 3. The highest BCUT2D eigenvalue weighted by Crippen LogP contribution is 2.39. The third-order valence-electron chi connectivity index (χ3n) is 11.3. The highest BCUT2D eigenvalue weighted by molar-refractivity contribution is 6.19. The molecule has 0 aliphatic heterocycles. The topological polar surface area (TPSA) is 65.0 Å². The van der Waals surface area contributed by atoms with Crippen LogP contribution in [0.4, 0.5) is 0 Å². The van der Waals surface area contributed by atoms with Crippen molar-refractivity contribution < 1.29 is 8.83 Å². The van der Waals surface area contributed by atoms with Crippen LogP contribution in [0.1, 0.15) is 0 Å². The van der Waals surface area contributed by atoms with Crippen molar-refractivity contribution in [3.63, 3.8) is 0 Å². The van der Waals surface area contributed by atoms with Gasteiger partial charge in [-0.3, -0.25) is 0 Å². The fraction of sp³-hybridized carbons (Fsp3) is 0. The normalized spacial score (nSPS) is 11.8. The van der Waals surface area contributed by atoms with Gasteiger partial charge in [0.1, 0.15) is 22.3 Å². The molecular weight excluding hydrogens is 711 g/mol. The number of furan rings is 2. The van der Waals surface area contributed by atoms with Crippen LogP contribution in [0.2, 0.25) is 0 Å². The van der Waals surface area contributed by atoms with Crippen LogP contribution in [-0.4, -0.2) is 15.0 Å². The van der Waals surface area contributed by atoms with Crippen molar-refractivity contribution in [2.24, 2.45) is 0 Å². The average Bonchev–Trinajstić information content (AvgIpc) is 3.88. The number of hydrogen-bond donors (Lipinski definition) is 0. The van der Waals surface area contributed by atoms with Gasteiger partial charge in [-0.2, -0.15) is 0 Å². The lowest BCUT2D eigenvalue weighted by Gasteiger charge is -2.11. The van der Waals surface area contributed by atoms with Gasteiger partial charge in [0.15, 0.2) is 17.5 Å². The summed E-state index contributed by atoms with van der Waals surface area (Å²) in [5.41, 5.74) is 10.6. The van der Waals surface area contributed by atoms with E-state index in [1.807, 2.05) is 36.4 Å². The molecule has 3 heterocycles. The summed E-state index contributed by atoms with van der Waals surface area (Å²) >= 11 is 0. The fourth-order valence-corrected chi connectivity index (χ4v) is 8.48. The first-order valence-electron chi connectivity index (χ1n) is 19.4. The van der Waals surface area contributed by atoms with E-state index >= 15 is 0 Å². The van der Waals surface area contributed by atoms with E-state index in [1.54, 1.807) is 0 Å². The maximum atomic E-state index is 6.25. The Bertz CT molecular complexity index is 3580. The number of para-hydroxylation sites is 2. The molecule has 0 fully saturated rings. The molecular formula is C53H31N3O2. The largest absolute Gasteiger partial charge is 0.456 e. The molecule has 0 aliphatic carbocycles. The molecule has 0 saturated carbocycles. The summed E-state index contributed by atoms with van der Waals surface area (Å²) in [6.45, 7) is 0. The quantitative estimate of drug-likeness (QED) is 0.176. The van der Waals surface area contributed by atoms with Gasteiger partial charge >= 0.3 is 0 Å². The first kappa shape index (κ1) is 32.4. The Morgan fingerprint density at radius 2 is 0.810 bits per heavy atom. The maximum absolute atomic E-state index is 6.25. The van der Waals surface area contributed by atoms with Gasteiger partial charge in [0.2, 0.25) is 0 Å². The van der Waals surface area contributed by atoms with Crippen LogP contribution in [0.25, 0.3) is 122 Å². The van der Waals surface area contributed by atoms with Gasteiger partial charge in [0.25, 0.3) is 0 Å². The van der Waals surface area contributed by atoms with E-state index in [9.17, 15) is 0 Å². The zero-order valence-corrected chi connectivity index (χ0v) is 31.1. The number of benzene rings is 9. The van der Waals surface area contributed by atoms with Gasteiger partial charge in [-0.05, 0) is 86.3 Å². The Morgan fingerprint density at radius 3 is 1.60 bits per heavy atom. The summed E-state index contributed by atoms with van der Waals surface area (Å²) < 4.78 is 12.5. The van der Waals surface area contributed by atoms with Crippen molar-refractivity contribution in [2.45, 2.75) is 0 Å². The third-order valence-corrected chi connectivity index (χ3v) is 11.3. The van der Waals surface area contributed by atoms with Crippen LogP contribution in [0.15, 0.2) is 197 Å². The van der Waals surface area contributed by atoms with Crippen LogP contribution >= 0.6 is 0 Å².